The molecule has 0 saturated carbocycles. The lowest BCUT2D eigenvalue weighted by Crippen LogP contribution is -2.48. The largest absolute Gasteiger partial charge is 0.480 e. The number of carbonyl (C=O) groups excluding carboxylic acids is 2. The Bertz CT molecular complexity index is 1470. The minimum absolute atomic E-state index is 0.0997. The predicted molar refractivity (Wildman–Crippen MR) is 145 cm³/mol. The van der Waals surface area contributed by atoms with E-state index < -0.39 is 30.1 Å². The zero-order valence-corrected chi connectivity index (χ0v) is 21.6. The molecule has 0 bridgehead atoms. The van der Waals surface area contributed by atoms with Gasteiger partial charge in [0.15, 0.2) is 11.7 Å². The van der Waals surface area contributed by atoms with E-state index in [1.165, 1.54) is 6.07 Å². The van der Waals surface area contributed by atoms with Gasteiger partial charge in [-0.15, -0.1) is 0 Å². The zero-order valence-electron chi connectivity index (χ0n) is 21.6. The third-order valence-corrected chi connectivity index (χ3v) is 6.69. The Balaban J connectivity index is 1.16. The van der Waals surface area contributed by atoms with Crippen molar-refractivity contribution in [2.45, 2.75) is 31.6 Å². The monoisotopic (exact) mass is 541 g/mol. The first kappa shape index (κ1) is 26.6. The van der Waals surface area contributed by atoms with Gasteiger partial charge in [-0.05, 0) is 34.7 Å². The molecule has 4 aromatic rings. The highest BCUT2D eigenvalue weighted by Crippen LogP contribution is 2.44. The number of aliphatic carboxylic acids is 1. The fourth-order valence-electron chi connectivity index (χ4n) is 4.67. The molecule has 10 heteroatoms. The number of rotatable bonds is 10. The molecule has 2 amide bonds. The van der Waals surface area contributed by atoms with Gasteiger partial charge in [0, 0.05) is 12.0 Å². The first-order chi connectivity index (χ1) is 19.4. The van der Waals surface area contributed by atoms with Crippen molar-refractivity contribution >= 4 is 23.9 Å². The van der Waals surface area contributed by atoms with Crippen molar-refractivity contribution in [1.29, 1.82) is 0 Å². The van der Waals surface area contributed by atoms with Crippen molar-refractivity contribution in [1.82, 2.24) is 10.5 Å². The summed E-state index contributed by atoms with van der Waals surface area (Å²) in [5, 5.41) is 18.1. The van der Waals surface area contributed by atoms with Gasteiger partial charge in [-0.3, -0.25) is 10.1 Å². The maximum Gasteiger partial charge on any atom is 0.414 e. The molecule has 3 aromatic carbocycles. The highest BCUT2D eigenvalue weighted by molar-refractivity contribution is 5.96. The third-order valence-electron chi connectivity index (χ3n) is 6.69. The van der Waals surface area contributed by atoms with Gasteiger partial charge in [0.1, 0.15) is 6.61 Å². The molecule has 3 N–H and O–H groups in total. The number of amides is 2. The number of carbonyl (C=O) groups is 3. The SMILES string of the molecule is C[C@H](OCc1ccccc1)[C@@H](NC(=O)c1cc(NC(=O)OCC2c3ccccc3-c3ccccc32)on1)C(=O)O. The van der Waals surface area contributed by atoms with Crippen LogP contribution in [0.3, 0.4) is 0 Å². The van der Waals surface area contributed by atoms with Gasteiger partial charge in [0.2, 0.25) is 5.88 Å². The van der Waals surface area contributed by atoms with Crippen LogP contribution in [-0.4, -0.2) is 47.0 Å². The lowest BCUT2D eigenvalue weighted by atomic mass is 9.98. The average molecular weight is 542 g/mol. The number of carboxylic acids is 1. The van der Waals surface area contributed by atoms with Gasteiger partial charge in [-0.25, -0.2) is 9.59 Å². The molecule has 0 aliphatic heterocycles. The fourth-order valence-corrected chi connectivity index (χ4v) is 4.67. The molecular weight excluding hydrogens is 514 g/mol. The maximum absolute atomic E-state index is 12.7. The number of carboxylic acid groups (broad SMARTS) is 1. The third kappa shape index (κ3) is 5.87. The number of fused-ring (bicyclic) bond motifs is 3. The maximum atomic E-state index is 12.7. The van der Waals surface area contributed by atoms with Crippen molar-refractivity contribution < 1.29 is 33.5 Å². The first-order valence-electron chi connectivity index (χ1n) is 12.7. The van der Waals surface area contributed by atoms with Gasteiger partial charge in [0.05, 0.1) is 12.7 Å². The Hall–Kier alpha value is -4.96. The second-order valence-corrected chi connectivity index (χ2v) is 9.32. The van der Waals surface area contributed by atoms with E-state index in [9.17, 15) is 19.5 Å². The van der Waals surface area contributed by atoms with Gasteiger partial charge >= 0.3 is 12.1 Å². The van der Waals surface area contributed by atoms with E-state index in [4.69, 9.17) is 14.0 Å². The number of hydrogen-bond acceptors (Lipinski definition) is 7. The van der Waals surface area contributed by atoms with Crippen LogP contribution in [0.2, 0.25) is 0 Å². The van der Waals surface area contributed by atoms with Crippen LogP contribution in [0.1, 0.15) is 40.0 Å². The minimum Gasteiger partial charge on any atom is -0.480 e. The molecule has 10 nitrogen and oxygen atoms in total. The second-order valence-electron chi connectivity index (χ2n) is 9.32. The molecular formula is C30H27N3O7. The van der Waals surface area contributed by atoms with Crippen molar-refractivity contribution in [3.05, 3.63) is 107 Å². The van der Waals surface area contributed by atoms with E-state index in [-0.39, 0.29) is 30.7 Å². The van der Waals surface area contributed by atoms with Crippen LogP contribution < -0.4 is 10.6 Å². The van der Waals surface area contributed by atoms with Crippen molar-refractivity contribution in [2.75, 3.05) is 11.9 Å². The smallest absolute Gasteiger partial charge is 0.414 e. The molecule has 204 valence electrons. The standard InChI is InChI=1S/C30H27N3O7/c1-18(38-16-19-9-3-2-4-10-19)27(29(35)36)32-28(34)25-15-26(40-33-25)31-30(37)39-17-24-22-13-7-5-11-20(22)21-12-6-8-14-23(21)24/h2-15,18,24,27H,16-17H2,1H3,(H,31,37)(H,32,34)(H,35,36)/t18-,27+/m0/s1. The van der Waals surface area contributed by atoms with E-state index in [0.717, 1.165) is 27.8 Å². The topological polar surface area (TPSA) is 140 Å². The number of aromatic nitrogens is 1. The first-order valence-corrected chi connectivity index (χ1v) is 12.7. The normalized spacial score (nSPS) is 13.5. The fraction of sp³-hybridized carbons (Fsp3) is 0.200. The summed E-state index contributed by atoms with van der Waals surface area (Å²) < 4.78 is 16.2. The lowest BCUT2D eigenvalue weighted by Gasteiger charge is -2.21. The zero-order chi connectivity index (χ0) is 28.1. The Labute approximate surface area is 229 Å². The van der Waals surface area contributed by atoms with Crippen LogP contribution in [-0.2, 0) is 20.9 Å². The summed E-state index contributed by atoms with van der Waals surface area (Å²) in [6, 6.07) is 25.1. The van der Waals surface area contributed by atoms with Crippen LogP contribution in [0.25, 0.3) is 11.1 Å². The summed E-state index contributed by atoms with van der Waals surface area (Å²) in [5.41, 5.74) is 5.02. The number of benzene rings is 3. The van der Waals surface area contributed by atoms with E-state index in [2.05, 4.69) is 15.8 Å². The van der Waals surface area contributed by atoms with Gasteiger partial charge in [-0.2, -0.15) is 0 Å². The Morgan fingerprint density at radius 1 is 0.950 bits per heavy atom. The summed E-state index contributed by atoms with van der Waals surface area (Å²) >= 11 is 0. The Morgan fingerprint density at radius 3 is 2.23 bits per heavy atom. The van der Waals surface area contributed by atoms with E-state index in [1.54, 1.807) is 6.92 Å². The van der Waals surface area contributed by atoms with Crippen LogP contribution in [0.5, 0.6) is 0 Å². The summed E-state index contributed by atoms with van der Waals surface area (Å²) in [4.78, 5) is 37.0. The quantitative estimate of drug-likeness (QED) is 0.260. The molecule has 0 fully saturated rings. The predicted octanol–water partition coefficient (Wildman–Crippen LogP) is 4.82. The van der Waals surface area contributed by atoms with Gasteiger partial charge in [-0.1, -0.05) is 84.0 Å². The van der Waals surface area contributed by atoms with E-state index in [0.29, 0.717) is 0 Å². The molecule has 1 aliphatic rings. The molecule has 0 radical (unpaired) electrons. The highest BCUT2D eigenvalue weighted by Gasteiger charge is 2.30. The van der Waals surface area contributed by atoms with E-state index in [1.807, 2.05) is 78.9 Å². The molecule has 0 spiro atoms. The molecule has 0 saturated heterocycles. The summed E-state index contributed by atoms with van der Waals surface area (Å²) in [6.07, 6.45) is -1.62. The molecule has 2 atom stereocenters. The number of nitrogens with one attached hydrogen (secondary N) is 2. The highest BCUT2D eigenvalue weighted by atomic mass is 16.6. The molecule has 0 unspecified atom stereocenters. The van der Waals surface area contributed by atoms with E-state index >= 15 is 0 Å². The van der Waals surface area contributed by atoms with Crippen LogP contribution in [0, 0.1) is 0 Å². The molecule has 1 aromatic heterocycles. The van der Waals surface area contributed by atoms with Crippen molar-refractivity contribution in [2.24, 2.45) is 0 Å². The van der Waals surface area contributed by atoms with Gasteiger partial charge < -0.3 is 24.4 Å². The summed E-state index contributed by atoms with van der Waals surface area (Å²) in [7, 11) is 0. The van der Waals surface area contributed by atoms with Crippen LogP contribution in [0.4, 0.5) is 10.7 Å². The molecule has 5 rings (SSSR count). The van der Waals surface area contributed by atoms with Crippen molar-refractivity contribution in [3.8, 4) is 11.1 Å². The minimum atomic E-state index is -1.34. The van der Waals surface area contributed by atoms with Crippen molar-refractivity contribution in [3.63, 3.8) is 0 Å². The van der Waals surface area contributed by atoms with Gasteiger partial charge in [0.25, 0.3) is 5.91 Å². The van der Waals surface area contributed by atoms with Crippen LogP contribution >= 0.6 is 0 Å². The summed E-state index contributed by atoms with van der Waals surface area (Å²) in [5.74, 6) is -2.31. The Kier molecular flexibility index (Phi) is 7.88. The average Bonchev–Trinajstić information content (AvgIpc) is 3.56. The van der Waals surface area contributed by atoms with Crippen LogP contribution in [0.15, 0.2) is 89.5 Å². The number of nitrogens with zero attached hydrogens (tertiary/aromatic N) is 1. The molecule has 40 heavy (non-hydrogen) atoms. The molecule has 1 aliphatic carbocycles. The Morgan fingerprint density at radius 2 is 1.57 bits per heavy atom. The lowest BCUT2D eigenvalue weighted by molar-refractivity contribution is -0.143. The number of anilines is 1. The number of ether oxygens (including phenoxy) is 2. The number of hydrogen-bond donors (Lipinski definition) is 3. The summed E-state index contributed by atoms with van der Waals surface area (Å²) in [6.45, 7) is 1.83. The second kappa shape index (κ2) is 11.8. The molecule has 1 heterocycles.